The summed E-state index contributed by atoms with van der Waals surface area (Å²) in [6, 6.07) is 11.1. The third-order valence-electron chi connectivity index (χ3n) is 5.84. The molecule has 6 nitrogen and oxygen atoms in total. The van der Waals surface area contributed by atoms with Crippen molar-refractivity contribution in [1.29, 1.82) is 0 Å². The summed E-state index contributed by atoms with van der Waals surface area (Å²) < 4.78 is 0. The van der Waals surface area contributed by atoms with Gasteiger partial charge in [0.1, 0.15) is 0 Å². The molecule has 1 saturated heterocycles. The first-order chi connectivity index (χ1) is 13.7. The van der Waals surface area contributed by atoms with E-state index in [4.69, 9.17) is 0 Å². The van der Waals surface area contributed by atoms with Gasteiger partial charge in [-0.2, -0.15) is 0 Å². The molecule has 2 aromatic rings. The molecule has 2 aliphatic rings. The summed E-state index contributed by atoms with van der Waals surface area (Å²) in [7, 11) is 1.92. The summed E-state index contributed by atoms with van der Waals surface area (Å²) in [5.41, 5.74) is 1.57. The predicted octanol–water partition coefficient (Wildman–Crippen LogP) is 3.40. The van der Waals surface area contributed by atoms with Gasteiger partial charge in [0, 0.05) is 34.8 Å². The molecule has 150 valence electrons. The molecule has 1 atom stereocenters. The van der Waals surface area contributed by atoms with E-state index in [0.29, 0.717) is 0 Å². The fraction of sp³-hybridized carbons (Fsp3) is 0.318. The minimum Gasteiger partial charge on any atom is -0.347 e. The number of urea groups is 1. The van der Waals surface area contributed by atoms with Crippen molar-refractivity contribution < 1.29 is 14.4 Å². The number of fused-ring (bicyclic) bond motifs is 1. The Balaban J connectivity index is 1.58. The number of rotatable bonds is 4. The van der Waals surface area contributed by atoms with Crippen LogP contribution in [0.15, 0.2) is 53.6 Å². The number of thiophene rings is 1. The number of ketones is 1. The van der Waals surface area contributed by atoms with Gasteiger partial charge in [-0.25, -0.2) is 4.79 Å². The number of imide groups is 1. The van der Waals surface area contributed by atoms with Crippen LogP contribution in [-0.2, 0) is 20.5 Å². The lowest BCUT2D eigenvalue weighted by molar-refractivity contribution is -0.133. The maximum Gasteiger partial charge on any atom is 0.325 e. The molecule has 1 fully saturated rings. The van der Waals surface area contributed by atoms with E-state index in [0.717, 1.165) is 26.7 Å². The average Bonchev–Trinajstić information content (AvgIpc) is 3.34. The van der Waals surface area contributed by atoms with Gasteiger partial charge >= 0.3 is 6.03 Å². The molecule has 4 rings (SSSR count). The Morgan fingerprint density at radius 2 is 1.86 bits per heavy atom. The standard InChI is InChI=1S/C22H23N3O3S/c1-21(2)15-8-5-6-9-16(15)24(4)17(21)12-14(26)13-25-19(27)22(3,23-20(25)28)18-10-7-11-29-18/h5-12H,13H2,1-4H3,(H,23,28)/b17-12-. The van der Waals surface area contributed by atoms with E-state index in [1.165, 1.54) is 11.3 Å². The fourth-order valence-corrected chi connectivity index (χ4v) is 5.02. The molecular weight excluding hydrogens is 386 g/mol. The Hall–Kier alpha value is -2.93. The number of amides is 3. The van der Waals surface area contributed by atoms with Crippen molar-refractivity contribution in [2.75, 3.05) is 18.5 Å². The summed E-state index contributed by atoms with van der Waals surface area (Å²) in [6.07, 6.45) is 1.56. The van der Waals surface area contributed by atoms with Gasteiger partial charge in [-0.3, -0.25) is 14.5 Å². The molecule has 0 saturated carbocycles. The maximum atomic E-state index is 12.9. The highest BCUT2D eigenvalue weighted by Gasteiger charge is 2.50. The zero-order chi connectivity index (χ0) is 21.0. The minimum atomic E-state index is -1.13. The Morgan fingerprint density at radius 3 is 2.52 bits per heavy atom. The number of carbonyl (C=O) groups excluding carboxylic acids is 3. The molecular formula is C22H23N3O3S. The molecule has 0 bridgehead atoms. The smallest absolute Gasteiger partial charge is 0.325 e. The van der Waals surface area contributed by atoms with Crippen LogP contribution in [0.5, 0.6) is 0 Å². The number of likely N-dealkylation sites (N-methyl/N-ethyl adjacent to an activating group) is 1. The summed E-state index contributed by atoms with van der Waals surface area (Å²) in [6.45, 7) is 5.52. The van der Waals surface area contributed by atoms with Crippen LogP contribution in [0.2, 0.25) is 0 Å². The van der Waals surface area contributed by atoms with Crippen LogP contribution in [0, 0.1) is 0 Å². The highest BCUT2D eigenvalue weighted by atomic mass is 32.1. The Labute approximate surface area is 173 Å². The normalized spacial score (nSPS) is 24.2. The molecule has 0 spiro atoms. The van der Waals surface area contributed by atoms with E-state index >= 15 is 0 Å². The minimum absolute atomic E-state index is 0.282. The van der Waals surface area contributed by atoms with Gasteiger partial charge in [0.2, 0.25) is 0 Å². The van der Waals surface area contributed by atoms with Crippen molar-refractivity contribution in [3.05, 3.63) is 64.0 Å². The first kappa shape index (κ1) is 19.4. The number of benzene rings is 1. The third kappa shape index (κ3) is 2.88. The van der Waals surface area contributed by atoms with Gasteiger partial charge < -0.3 is 10.2 Å². The molecule has 7 heteroatoms. The number of allylic oxidation sites excluding steroid dienone is 1. The molecule has 2 aliphatic heterocycles. The van der Waals surface area contributed by atoms with Gasteiger partial charge in [0.15, 0.2) is 11.3 Å². The van der Waals surface area contributed by atoms with E-state index in [1.54, 1.807) is 13.0 Å². The number of hydrogen-bond donors (Lipinski definition) is 1. The van der Waals surface area contributed by atoms with Crippen LogP contribution >= 0.6 is 11.3 Å². The van der Waals surface area contributed by atoms with E-state index in [1.807, 2.05) is 47.7 Å². The summed E-state index contributed by atoms with van der Waals surface area (Å²) >= 11 is 1.40. The highest BCUT2D eigenvalue weighted by Crippen LogP contribution is 2.46. The zero-order valence-electron chi connectivity index (χ0n) is 16.9. The summed E-state index contributed by atoms with van der Waals surface area (Å²) in [4.78, 5) is 42.0. The first-order valence-corrected chi connectivity index (χ1v) is 10.3. The van der Waals surface area contributed by atoms with Crippen molar-refractivity contribution in [3.63, 3.8) is 0 Å². The highest BCUT2D eigenvalue weighted by molar-refractivity contribution is 7.10. The lowest BCUT2D eigenvalue weighted by atomic mass is 9.83. The molecule has 0 aliphatic carbocycles. The summed E-state index contributed by atoms with van der Waals surface area (Å²) in [5.74, 6) is -0.689. The molecule has 1 unspecified atom stereocenters. The number of carbonyl (C=O) groups is 3. The van der Waals surface area contributed by atoms with E-state index in [-0.39, 0.29) is 17.7 Å². The second-order valence-electron chi connectivity index (χ2n) is 8.12. The van der Waals surface area contributed by atoms with Crippen molar-refractivity contribution in [2.24, 2.45) is 0 Å². The number of nitrogens with zero attached hydrogens (tertiary/aromatic N) is 2. The quantitative estimate of drug-likeness (QED) is 0.621. The second kappa shape index (κ2) is 6.56. The molecule has 3 amide bonds. The Morgan fingerprint density at radius 1 is 1.14 bits per heavy atom. The number of para-hydroxylation sites is 1. The molecule has 1 aromatic heterocycles. The van der Waals surface area contributed by atoms with Crippen molar-refractivity contribution in [1.82, 2.24) is 10.2 Å². The number of hydrogen-bond acceptors (Lipinski definition) is 5. The van der Waals surface area contributed by atoms with Gasteiger partial charge in [-0.15, -0.1) is 11.3 Å². The molecule has 1 aromatic carbocycles. The van der Waals surface area contributed by atoms with Crippen LogP contribution in [0.3, 0.4) is 0 Å². The monoisotopic (exact) mass is 409 g/mol. The van der Waals surface area contributed by atoms with Gasteiger partial charge in [0.25, 0.3) is 5.91 Å². The Bertz CT molecular complexity index is 1040. The Kier molecular flexibility index (Phi) is 4.38. The lowest BCUT2D eigenvalue weighted by Gasteiger charge is -2.24. The van der Waals surface area contributed by atoms with Crippen LogP contribution in [0.1, 0.15) is 31.2 Å². The maximum absolute atomic E-state index is 12.9. The van der Waals surface area contributed by atoms with Crippen molar-refractivity contribution in [3.8, 4) is 0 Å². The lowest BCUT2D eigenvalue weighted by Crippen LogP contribution is -2.40. The van der Waals surface area contributed by atoms with Crippen LogP contribution in [0.25, 0.3) is 0 Å². The predicted molar refractivity (Wildman–Crippen MR) is 113 cm³/mol. The molecule has 29 heavy (non-hydrogen) atoms. The first-order valence-electron chi connectivity index (χ1n) is 9.42. The van der Waals surface area contributed by atoms with Gasteiger partial charge in [0.05, 0.1) is 6.54 Å². The molecule has 1 N–H and O–H groups in total. The van der Waals surface area contributed by atoms with E-state index < -0.39 is 17.5 Å². The van der Waals surface area contributed by atoms with Crippen LogP contribution in [-0.4, -0.2) is 36.2 Å². The second-order valence-corrected chi connectivity index (χ2v) is 9.07. The fourth-order valence-electron chi connectivity index (χ4n) is 4.18. The van der Waals surface area contributed by atoms with Crippen molar-refractivity contribution in [2.45, 2.75) is 31.7 Å². The van der Waals surface area contributed by atoms with Crippen molar-refractivity contribution >= 4 is 34.7 Å². The molecule has 3 heterocycles. The average molecular weight is 410 g/mol. The summed E-state index contributed by atoms with van der Waals surface area (Å²) in [5, 5.41) is 4.59. The largest absolute Gasteiger partial charge is 0.347 e. The van der Waals surface area contributed by atoms with Crippen LogP contribution < -0.4 is 10.2 Å². The topological polar surface area (TPSA) is 69.7 Å². The van der Waals surface area contributed by atoms with Gasteiger partial charge in [-0.05, 0) is 30.0 Å². The SMILES string of the molecule is CN1/C(=C\C(=O)CN2C(=O)NC(C)(c3cccs3)C2=O)C(C)(C)c2ccccc21. The zero-order valence-corrected chi connectivity index (χ0v) is 17.7. The number of anilines is 1. The van der Waals surface area contributed by atoms with E-state index in [9.17, 15) is 14.4 Å². The molecule has 0 radical (unpaired) electrons. The van der Waals surface area contributed by atoms with Crippen LogP contribution in [0.4, 0.5) is 10.5 Å². The van der Waals surface area contributed by atoms with Gasteiger partial charge in [-0.1, -0.05) is 38.1 Å². The third-order valence-corrected chi connectivity index (χ3v) is 6.93. The number of nitrogens with one attached hydrogen (secondary N) is 1. The van der Waals surface area contributed by atoms with E-state index in [2.05, 4.69) is 25.2 Å².